The van der Waals surface area contributed by atoms with Crippen molar-refractivity contribution in [2.75, 3.05) is 20.3 Å². The molecule has 9 unspecified atom stereocenters. The molecule has 5 fully saturated rings. The molecule has 380 valence electrons. The van der Waals surface area contributed by atoms with Crippen LogP contribution in [0.25, 0.3) is 0 Å². The van der Waals surface area contributed by atoms with Gasteiger partial charge in [-0.2, -0.15) is 0 Å². The minimum Gasteiger partial charge on any atom is -0.497 e. The maximum absolute atomic E-state index is 14.3. The molecule has 4 aliphatic carbocycles. The van der Waals surface area contributed by atoms with Gasteiger partial charge in [0.2, 0.25) is 0 Å². The van der Waals surface area contributed by atoms with Gasteiger partial charge < -0.3 is 58.3 Å². The van der Waals surface area contributed by atoms with E-state index in [-0.39, 0.29) is 59.6 Å². The molecule has 17 atom stereocenters. The number of Topliss-reactive ketones (excluding diaryl/α,β-unsaturated/α-hetero) is 1. The number of methoxy groups -OCH3 is 1. The van der Waals surface area contributed by atoms with Crippen LogP contribution in [-0.4, -0.2) is 141 Å². The normalized spacial score (nSPS) is 39.0. The molecule has 0 spiro atoms. The zero-order chi connectivity index (χ0) is 49.6. The summed E-state index contributed by atoms with van der Waals surface area (Å²) in [6, 6.07) is 6.03. The molecule has 0 bridgehead atoms. The maximum Gasteiger partial charge on any atom is 0.419 e. The molecule has 3 heterocycles. The number of ether oxygens (including phenoxy) is 8. The van der Waals surface area contributed by atoms with E-state index in [2.05, 4.69) is 24.9 Å². The first-order valence-corrected chi connectivity index (χ1v) is 24.5. The van der Waals surface area contributed by atoms with Crippen LogP contribution in [0.15, 0.2) is 54.6 Å². The Labute approximate surface area is 402 Å². The van der Waals surface area contributed by atoms with E-state index in [1.165, 1.54) is 48.8 Å². The van der Waals surface area contributed by atoms with Gasteiger partial charge in [0, 0.05) is 43.5 Å². The van der Waals surface area contributed by atoms with E-state index in [9.17, 15) is 39.6 Å². The number of rotatable bonds is 14. The van der Waals surface area contributed by atoms with Gasteiger partial charge in [0.1, 0.15) is 54.0 Å². The second-order valence-electron chi connectivity index (χ2n) is 21.0. The Kier molecular flexibility index (Phi) is 15.1. The molecule has 69 heavy (non-hydrogen) atoms. The minimum absolute atomic E-state index is 0.0895. The predicted molar refractivity (Wildman–Crippen MR) is 243 cm³/mol. The molecule has 18 nitrogen and oxygen atoms in total. The quantitative estimate of drug-likeness (QED) is 0.112. The van der Waals surface area contributed by atoms with Crippen molar-refractivity contribution in [1.82, 2.24) is 9.55 Å². The van der Waals surface area contributed by atoms with Crippen molar-refractivity contribution in [1.29, 1.82) is 0 Å². The number of aliphatic hydroxyl groups is 4. The number of hydrogen-bond acceptors (Lipinski definition) is 17. The van der Waals surface area contributed by atoms with Crippen LogP contribution >= 0.6 is 0 Å². The van der Waals surface area contributed by atoms with Crippen LogP contribution in [0.1, 0.15) is 110 Å². The van der Waals surface area contributed by atoms with Crippen molar-refractivity contribution in [3.05, 3.63) is 60.2 Å². The molecule has 0 radical (unpaired) electrons. The largest absolute Gasteiger partial charge is 0.497 e. The van der Waals surface area contributed by atoms with E-state index in [1.54, 1.807) is 25.3 Å². The van der Waals surface area contributed by atoms with Gasteiger partial charge in [0.15, 0.2) is 24.8 Å². The van der Waals surface area contributed by atoms with Crippen LogP contribution in [-0.2, 0) is 42.7 Å². The zero-order valence-electron chi connectivity index (χ0n) is 40.6. The number of ketones is 1. The summed E-state index contributed by atoms with van der Waals surface area (Å²) in [7, 11) is 1.48. The van der Waals surface area contributed by atoms with Crippen LogP contribution in [0.2, 0.25) is 0 Å². The van der Waals surface area contributed by atoms with Crippen LogP contribution in [0.3, 0.4) is 0 Å². The zero-order valence-corrected chi connectivity index (χ0v) is 40.6. The fraction of sp³-hybridized carbons (Fsp3) is 0.706. The van der Waals surface area contributed by atoms with Crippen molar-refractivity contribution in [2.24, 2.45) is 40.4 Å². The first-order valence-electron chi connectivity index (χ1n) is 24.5. The Balaban J connectivity index is 1.06. The number of imidazole rings is 1. The topological polar surface area (TPSA) is 241 Å². The molecule has 2 saturated heterocycles. The molecule has 4 N–H and O–H groups in total. The predicted octanol–water partition coefficient (Wildman–Crippen LogP) is 4.91. The molecule has 2 aliphatic heterocycles. The lowest BCUT2D eigenvalue weighted by Gasteiger charge is -2.59. The summed E-state index contributed by atoms with van der Waals surface area (Å²) < 4.78 is 49.1. The Morgan fingerprint density at radius 1 is 0.884 bits per heavy atom. The molecule has 1 aromatic carbocycles. The van der Waals surface area contributed by atoms with E-state index in [4.69, 9.17) is 37.9 Å². The summed E-state index contributed by atoms with van der Waals surface area (Å²) in [5, 5.41) is 46.8. The number of carbonyl (C=O) groups excluding carboxylic acids is 4. The highest BCUT2D eigenvalue weighted by molar-refractivity contribution is 5.89. The third-order valence-electron chi connectivity index (χ3n) is 16.7. The fourth-order valence-corrected chi connectivity index (χ4v) is 12.8. The van der Waals surface area contributed by atoms with Crippen LogP contribution in [0.5, 0.6) is 5.75 Å². The number of hydrogen-bond donors (Lipinski definition) is 4. The van der Waals surface area contributed by atoms with Gasteiger partial charge in [-0.1, -0.05) is 46.3 Å². The van der Waals surface area contributed by atoms with Crippen molar-refractivity contribution < 1.29 is 77.5 Å². The van der Waals surface area contributed by atoms with E-state index >= 15 is 0 Å². The standard InChI is InChI=1S/C51H70N2O16/c1-27(2)8-15-37(55)28(3)51(61)40(23-36-34-14-11-31-22-33(66-48(60)53-21-20-52-26-53)16-18-49(31,5)35(34)17-19-50(36,51)6)67-47-44(65-29(4)54)42(39(57)25-64-47)69-46-43(41(58)38(56)24-63-46)68-45(59)30-9-12-32(62-7)13-10-30/h9-13,20-21,26-28,33-36,38-44,46-47,56-58,61H,8,14-19,22-25H2,1-7H3/t28-,33+,34-,35?,36+,38?,39?,40+,41?,42?,43?,44?,46?,47?,49+,50+,51-/m1/s1. The number of aromatic nitrogens is 2. The number of allylic oxidation sites excluding steroid dienone is 1. The summed E-state index contributed by atoms with van der Waals surface area (Å²) in [4.78, 5) is 57.4. The van der Waals surface area contributed by atoms with Gasteiger partial charge in [-0.25, -0.2) is 19.1 Å². The first kappa shape index (κ1) is 51.1. The smallest absolute Gasteiger partial charge is 0.419 e. The van der Waals surface area contributed by atoms with Crippen molar-refractivity contribution in [3.63, 3.8) is 0 Å². The van der Waals surface area contributed by atoms with Gasteiger partial charge in [-0.05, 0) is 98.3 Å². The second kappa shape index (κ2) is 20.5. The third kappa shape index (κ3) is 9.76. The number of nitrogens with zero attached hydrogens (tertiary/aromatic N) is 2. The molecule has 8 rings (SSSR count). The molecule has 6 aliphatic rings. The summed E-state index contributed by atoms with van der Waals surface area (Å²) >= 11 is 0. The molecular weight excluding hydrogens is 897 g/mol. The first-order chi connectivity index (χ1) is 32.8. The molecule has 3 saturated carbocycles. The van der Waals surface area contributed by atoms with Crippen LogP contribution < -0.4 is 4.74 Å². The Morgan fingerprint density at radius 3 is 2.26 bits per heavy atom. The maximum atomic E-state index is 14.3. The van der Waals surface area contributed by atoms with Crippen LogP contribution in [0.4, 0.5) is 4.79 Å². The summed E-state index contributed by atoms with van der Waals surface area (Å²) in [6.45, 7) is 10.6. The molecular formula is C51H70N2O16. The summed E-state index contributed by atoms with van der Waals surface area (Å²) in [6.07, 6.45) is -1.60. The number of benzene rings is 1. The number of fused-ring (bicyclic) bond motifs is 5. The van der Waals surface area contributed by atoms with Gasteiger partial charge in [0.05, 0.1) is 32.0 Å². The van der Waals surface area contributed by atoms with E-state index in [1.807, 2.05) is 13.8 Å². The Bertz CT molecular complexity index is 2180. The van der Waals surface area contributed by atoms with Crippen molar-refractivity contribution in [2.45, 2.75) is 166 Å². The van der Waals surface area contributed by atoms with E-state index in [0.29, 0.717) is 37.9 Å². The highest BCUT2D eigenvalue weighted by atomic mass is 16.8. The van der Waals surface area contributed by atoms with E-state index < -0.39 is 96.9 Å². The minimum atomic E-state index is -1.72. The Morgan fingerprint density at radius 2 is 1.59 bits per heavy atom. The van der Waals surface area contributed by atoms with Gasteiger partial charge in [0.25, 0.3) is 0 Å². The lowest BCUT2D eigenvalue weighted by atomic mass is 9.46. The lowest BCUT2D eigenvalue weighted by Crippen LogP contribution is -2.64. The highest BCUT2D eigenvalue weighted by Crippen LogP contribution is 2.69. The average molecular weight is 967 g/mol. The highest BCUT2D eigenvalue weighted by Gasteiger charge is 2.70. The van der Waals surface area contributed by atoms with Crippen molar-refractivity contribution >= 4 is 23.8 Å². The molecule has 18 heteroatoms. The molecule has 1 aromatic heterocycles. The molecule has 2 aromatic rings. The third-order valence-corrected chi connectivity index (χ3v) is 16.7. The monoisotopic (exact) mass is 966 g/mol. The number of esters is 2. The van der Waals surface area contributed by atoms with Crippen molar-refractivity contribution in [3.8, 4) is 5.75 Å². The molecule has 0 amide bonds. The van der Waals surface area contributed by atoms with Gasteiger partial charge in [-0.15, -0.1) is 0 Å². The van der Waals surface area contributed by atoms with Gasteiger partial charge in [-0.3, -0.25) is 9.59 Å². The number of aliphatic hydroxyl groups excluding tert-OH is 3. The average Bonchev–Trinajstić information content (AvgIpc) is 3.95. The van der Waals surface area contributed by atoms with E-state index in [0.717, 1.165) is 19.3 Å². The number of carbonyl (C=O) groups is 4. The SMILES string of the molecule is COc1ccc(C(=O)OC2C(OC3C(O)COC(O[C@H]4C[C@H]5[C@@H]6CC=C7C[C@@H](OC(=O)n8ccnc8)CC[C@]7(C)C6CC[C@]5(C)[C@@]4(O)[C@H](C)C(=O)CCC(C)C)C3OC(C)=O)OCC(O)C2O)cc1. The van der Waals surface area contributed by atoms with Gasteiger partial charge >= 0.3 is 18.0 Å². The lowest BCUT2D eigenvalue weighted by molar-refractivity contribution is -0.345. The summed E-state index contributed by atoms with van der Waals surface area (Å²) in [5.74, 6) is -1.61. The second-order valence-corrected chi connectivity index (χ2v) is 21.0. The van der Waals surface area contributed by atoms with Crippen LogP contribution in [0, 0.1) is 40.4 Å². The fourth-order valence-electron chi connectivity index (χ4n) is 12.8. The Hall–Kier alpha value is -4.27. The summed E-state index contributed by atoms with van der Waals surface area (Å²) in [5.41, 5.74) is -1.33.